The van der Waals surface area contributed by atoms with Gasteiger partial charge in [0.25, 0.3) is 0 Å². The number of pyridine rings is 1. The van der Waals surface area contributed by atoms with E-state index >= 15 is 0 Å². The van der Waals surface area contributed by atoms with Crippen LogP contribution in [0.2, 0.25) is 0 Å². The summed E-state index contributed by atoms with van der Waals surface area (Å²) in [6.07, 6.45) is 4.47. The molecule has 0 aliphatic heterocycles. The van der Waals surface area contributed by atoms with E-state index in [9.17, 15) is 9.90 Å². The Morgan fingerprint density at radius 3 is 2.82 bits per heavy atom. The van der Waals surface area contributed by atoms with Gasteiger partial charge < -0.3 is 25.3 Å². The molecular weight excluding hydrogens is 358 g/mol. The number of carboxylic acid groups (broad SMARTS) is 1. The molecule has 28 heavy (non-hydrogen) atoms. The van der Waals surface area contributed by atoms with Crippen molar-refractivity contribution >= 4 is 16.9 Å². The quantitative estimate of drug-likeness (QED) is 0.453. The highest BCUT2D eigenvalue weighted by atomic mass is 16.5. The molecule has 0 saturated heterocycles. The maximum Gasteiger partial charge on any atom is 0.344 e. The van der Waals surface area contributed by atoms with Crippen molar-refractivity contribution in [2.24, 2.45) is 0 Å². The van der Waals surface area contributed by atoms with Crippen LogP contribution in [0.1, 0.15) is 31.1 Å². The van der Waals surface area contributed by atoms with E-state index in [0.717, 1.165) is 28.5 Å². The van der Waals surface area contributed by atoms with Crippen molar-refractivity contribution in [1.29, 1.82) is 0 Å². The molecule has 0 fully saturated rings. The number of hydrogen-bond acceptors (Lipinski definition) is 5. The zero-order valence-electron chi connectivity index (χ0n) is 15.9. The van der Waals surface area contributed by atoms with Crippen molar-refractivity contribution in [3.8, 4) is 5.75 Å². The van der Waals surface area contributed by atoms with Crippen molar-refractivity contribution in [3.63, 3.8) is 0 Å². The summed E-state index contributed by atoms with van der Waals surface area (Å²) < 4.78 is 5.55. The average Bonchev–Trinajstić information content (AvgIpc) is 3.10. The van der Waals surface area contributed by atoms with E-state index in [1.165, 1.54) is 6.92 Å². The summed E-state index contributed by atoms with van der Waals surface area (Å²) in [6.45, 7) is 3.99. The van der Waals surface area contributed by atoms with E-state index in [4.69, 9.17) is 9.84 Å². The number of carbonyl (C=O) groups is 1. The van der Waals surface area contributed by atoms with E-state index in [1.807, 2.05) is 24.4 Å². The molecule has 0 aliphatic carbocycles. The average molecular weight is 383 g/mol. The maximum atomic E-state index is 11.1. The van der Waals surface area contributed by atoms with Crippen LogP contribution < -0.4 is 10.1 Å². The number of fused-ring (bicyclic) bond motifs is 1. The SMILES string of the molecule is C[C@H](Cc1c[nH]c2c(O[C@H](C)C(=O)O)cccc12)NC[C@H](O)c1cccnc1. The number of rotatable bonds is 9. The Balaban J connectivity index is 1.65. The minimum Gasteiger partial charge on any atom is -0.479 e. The molecule has 2 aromatic heterocycles. The first kappa shape index (κ1) is 19.9. The molecule has 0 spiro atoms. The van der Waals surface area contributed by atoms with Crippen LogP contribution in [0.4, 0.5) is 0 Å². The minimum atomic E-state index is -1.01. The number of carboxylic acids is 1. The predicted octanol–water partition coefficient (Wildman–Crippen LogP) is 2.67. The monoisotopic (exact) mass is 383 g/mol. The van der Waals surface area contributed by atoms with Gasteiger partial charge in [0.15, 0.2) is 6.10 Å². The van der Waals surface area contributed by atoms with Crippen LogP contribution in [0.3, 0.4) is 0 Å². The third-order valence-corrected chi connectivity index (χ3v) is 4.67. The van der Waals surface area contributed by atoms with Crippen LogP contribution in [-0.2, 0) is 11.2 Å². The molecule has 0 aliphatic rings. The number of H-pyrrole nitrogens is 1. The van der Waals surface area contributed by atoms with Crippen LogP contribution in [0, 0.1) is 0 Å². The van der Waals surface area contributed by atoms with Crippen LogP contribution in [0.5, 0.6) is 5.75 Å². The Kier molecular flexibility index (Phi) is 6.28. The van der Waals surface area contributed by atoms with Gasteiger partial charge in [0, 0.05) is 42.1 Å². The second kappa shape index (κ2) is 8.86. The number of aromatic amines is 1. The van der Waals surface area contributed by atoms with Gasteiger partial charge in [-0.15, -0.1) is 0 Å². The molecule has 7 heteroatoms. The van der Waals surface area contributed by atoms with Gasteiger partial charge in [0.1, 0.15) is 5.75 Å². The number of aliphatic hydroxyl groups is 1. The Hall–Kier alpha value is -2.90. The first-order valence-corrected chi connectivity index (χ1v) is 9.25. The number of aliphatic carboxylic acids is 1. The molecule has 3 aromatic rings. The smallest absolute Gasteiger partial charge is 0.344 e. The van der Waals surface area contributed by atoms with Crippen LogP contribution in [0.15, 0.2) is 48.9 Å². The van der Waals surface area contributed by atoms with Crippen LogP contribution >= 0.6 is 0 Å². The van der Waals surface area contributed by atoms with E-state index in [-0.39, 0.29) is 6.04 Å². The third kappa shape index (κ3) is 4.68. The zero-order valence-corrected chi connectivity index (χ0v) is 15.9. The van der Waals surface area contributed by atoms with Gasteiger partial charge in [0.05, 0.1) is 11.6 Å². The Bertz CT molecular complexity index is 926. The molecule has 0 radical (unpaired) electrons. The van der Waals surface area contributed by atoms with E-state index in [2.05, 4.69) is 22.2 Å². The number of hydrogen-bond donors (Lipinski definition) is 4. The second-order valence-electron chi connectivity index (χ2n) is 6.91. The largest absolute Gasteiger partial charge is 0.479 e. The molecule has 3 atom stereocenters. The van der Waals surface area contributed by atoms with E-state index < -0.39 is 18.2 Å². The highest BCUT2D eigenvalue weighted by molar-refractivity contribution is 5.88. The summed E-state index contributed by atoms with van der Waals surface area (Å²) >= 11 is 0. The molecule has 0 saturated carbocycles. The fraction of sp³-hybridized carbons (Fsp3) is 0.333. The molecule has 2 heterocycles. The Labute approximate surface area is 163 Å². The van der Waals surface area contributed by atoms with Gasteiger partial charge in [-0.25, -0.2) is 4.79 Å². The standard InChI is InChI=1S/C21H25N3O4/c1-13(23-12-18(25)15-5-4-8-22-10-15)9-16-11-24-20-17(16)6-3-7-19(20)28-14(2)21(26)27/h3-8,10-11,13-14,18,23-25H,9,12H2,1-2H3,(H,26,27)/t13-,14-,18+/m1/s1. The normalized spacial score (nSPS) is 14.5. The lowest BCUT2D eigenvalue weighted by molar-refractivity contribution is -0.144. The number of nitrogens with one attached hydrogen (secondary N) is 2. The number of ether oxygens (including phenoxy) is 1. The topological polar surface area (TPSA) is 107 Å². The van der Waals surface area contributed by atoms with E-state index in [0.29, 0.717) is 12.3 Å². The lowest BCUT2D eigenvalue weighted by atomic mass is 10.1. The number of aromatic nitrogens is 2. The molecule has 3 rings (SSSR count). The van der Waals surface area contributed by atoms with Gasteiger partial charge >= 0.3 is 5.97 Å². The molecule has 148 valence electrons. The lowest BCUT2D eigenvalue weighted by Gasteiger charge is -2.17. The van der Waals surface area contributed by atoms with Gasteiger partial charge in [0.2, 0.25) is 0 Å². The molecule has 7 nitrogen and oxygen atoms in total. The van der Waals surface area contributed by atoms with Crippen LogP contribution in [-0.4, -0.2) is 44.8 Å². The number of para-hydroxylation sites is 1. The summed E-state index contributed by atoms with van der Waals surface area (Å²) in [5.41, 5.74) is 2.66. The Morgan fingerprint density at radius 1 is 1.29 bits per heavy atom. The molecule has 4 N–H and O–H groups in total. The van der Waals surface area contributed by atoms with Crippen molar-refractivity contribution < 1.29 is 19.7 Å². The highest BCUT2D eigenvalue weighted by Crippen LogP contribution is 2.28. The van der Waals surface area contributed by atoms with Crippen molar-refractivity contribution in [1.82, 2.24) is 15.3 Å². The molecular formula is C21H25N3O4. The van der Waals surface area contributed by atoms with Crippen molar-refractivity contribution in [2.45, 2.75) is 38.5 Å². The second-order valence-corrected chi connectivity index (χ2v) is 6.91. The third-order valence-electron chi connectivity index (χ3n) is 4.67. The zero-order chi connectivity index (χ0) is 20.1. The molecule has 0 unspecified atom stereocenters. The summed E-state index contributed by atoms with van der Waals surface area (Å²) in [5, 5.41) is 23.7. The summed E-state index contributed by atoms with van der Waals surface area (Å²) in [4.78, 5) is 18.3. The summed E-state index contributed by atoms with van der Waals surface area (Å²) in [6, 6.07) is 9.38. The predicted molar refractivity (Wildman–Crippen MR) is 106 cm³/mol. The van der Waals surface area contributed by atoms with Gasteiger partial charge in [-0.2, -0.15) is 0 Å². The van der Waals surface area contributed by atoms with E-state index in [1.54, 1.807) is 24.5 Å². The first-order valence-electron chi connectivity index (χ1n) is 9.25. The molecule has 1 aromatic carbocycles. The van der Waals surface area contributed by atoms with Crippen molar-refractivity contribution in [2.75, 3.05) is 6.54 Å². The summed E-state index contributed by atoms with van der Waals surface area (Å²) in [7, 11) is 0. The fourth-order valence-corrected chi connectivity index (χ4v) is 3.10. The van der Waals surface area contributed by atoms with Gasteiger partial charge in [-0.1, -0.05) is 18.2 Å². The first-order chi connectivity index (χ1) is 13.5. The molecule has 0 bridgehead atoms. The van der Waals surface area contributed by atoms with Crippen LogP contribution in [0.25, 0.3) is 10.9 Å². The lowest BCUT2D eigenvalue weighted by Crippen LogP contribution is -2.32. The molecule has 0 amide bonds. The number of nitrogens with zero attached hydrogens (tertiary/aromatic N) is 1. The number of aliphatic hydroxyl groups excluding tert-OH is 1. The van der Waals surface area contributed by atoms with Crippen molar-refractivity contribution in [3.05, 3.63) is 60.0 Å². The van der Waals surface area contributed by atoms with Gasteiger partial charge in [-0.3, -0.25) is 4.98 Å². The summed E-state index contributed by atoms with van der Waals surface area (Å²) in [5.74, 6) is -0.486. The van der Waals surface area contributed by atoms with Gasteiger partial charge in [-0.05, 0) is 38.0 Å². The highest BCUT2D eigenvalue weighted by Gasteiger charge is 2.17. The minimum absolute atomic E-state index is 0.132. The number of benzene rings is 1. The maximum absolute atomic E-state index is 11.1. The fourth-order valence-electron chi connectivity index (χ4n) is 3.10. The Morgan fingerprint density at radius 2 is 2.11 bits per heavy atom.